The van der Waals surface area contributed by atoms with E-state index >= 15 is 0 Å². The normalized spacial score (nSPS) is 12.9. The summed E-state index contributed by atoms with van der Waals surface area (Å²) in [5.41, 5.74) is 8.44. The number of hydrogen-bond donors (Lipinski definition) is 1. The molecule has 0 aliphatic rings. The van der Waals surface area contributed by atoms with E-state index in [1.54, 1.807) is 7.11 Å². The summed E-state index contributed by atoms with van der Waals surface area (Å²) in [6.45, 7) is 11.9. The van der Waals surface area contributed by atoms with Gasteiger partial charge in [0.15, 0.2) is 0 Å². The van der Waals surface area contributed by atoms with E-state index < -0.39 is 0 Å². The van der Waals surface area contributed by atoms with E-state index in [4.69, 9.17) is 10.5 Å². The second kappa shape index (κ2) is 6.80. The molecule has 0 radical (unpaired) electrons. The molecule has 1 aromatic rings. The maximum atomic E-state index is 6.15. The zero-order chi connectivity index (χ0) is 14.6. The van der Waals surface area contributed by atoms with Gasteiger partial charge in [0.1, 0.15) is 5.75 Å². The smallest absolute Gasteiger partial charge is 0.125 e. The van der Waals surface area contributed by atoms with Crippen LogP contribution in [0, 0.1) is 5.92 Å². The lowest BCUT2D eigenvalue weighted by atomic mass is 10.0. The molecule has 0 aliphatic heterocycles. The van der Waals surface area contributed by atoms with Gasteiger partial charge in [-0.15, -0.1) is 0 Å². The van der Waals surface area contributed by atoms with Gasteiger partial charge >= 0.3 is 0 Å². The minimum atomic E-state index is -0.0421. The first-order valence-electron chi connectivity index (χ1n) is 7.07. The molecule has 1 atom stereocenters. The Labute approximate surface area is 117 Å². The van der Waals surface area contributed by atoms with Crippen molar-refractivity contribution in [3.8, 4) is 5.75 Å². The maximum Gasteiger partial charge on any atom is 0.125 e. The van der Waals surface area contributed by atoms with Gasteiger partial charge in [-0.05, 0) is 38.8 Å². The quantitative estimate of drug-likeness (QED) is 0.853. The molecule has 19 heavy (non-hydrogen) atoms. The van der Waals surface area contributed by atoms with Crippen molar-refractivity contribution in [1.82, 2.24) is 0 Å². The van der Waals surface area contributed by atoms with Crippen molar-refractivity contribution in [1.29, 1.82) is 0 Å². The summed E-state index contributed by atoms with van der Waals surface area (Å²) in [7, 11) is 1.70. The number of rotatable bonds is 6. The Balaban J connectivity index is 3.29. The molecule has 0 fully saturated rings. The predicted molar refractivity (Wildman–Crippen MR) is 82.9 cm³/mol. The molecule has 1 aromatic carbocycles. The fourth-order valence-corrected chi connectivity index (χ4v) is 2.40. The molecule has 3 heteroatoms. The minimum absolute atomic E-state index is 0.0421. The van der Waals surface area contributed by atoms with Crippen molar-refractivity contribution in [2.24, 2.45) is 11.7 Å². The molecule has 108 valence electrons. The van der Waals surface area contributed by atoms with E-state index in [1.807, 2.05) is 19.1 Å². The zero-order valence-electron chi connectivity index (χ0n) is 13.1. The van der Waals surface area contributed by atoms with Crippen LogP contribution in [0.3, 0.4) is 0 Å². The third kappa shape index (κ3) is 3.87. The summed E-state index contributed by atoms with van der Waals surface area (Å²) in [4.78, 5) is 2.41. The van der Waals surface area contributed by atoms with Crippen molar-refractivity contribution in [2.75, 3.05) is 18.6 Å². The number of methoxy groups -OCH3 is 1. The lowest BCUT2D eigenvalue weighted by Gasteiger charge is -2.33. The lowest BCUT2D eigenvalue weighted by molar-refractivity contribution is 0.406. The third-order valence-corrected chi connectivity index (χ3v) is 3.21. The SMILES string of the molecule is COc1cccc(N(CC(C)C)C(C)C)c1C(C)N. The molecular weight excluding hydrogens is 236 g/mol. The van der Waals surface area contributed by atoms with Crippen LogP contribution in [0.25, 0.3) is 0 Å². The van der Waals surface area contributed by atoms with Crippen LogP contribution in [0.5, 0.6) is 5.75 Å². The summed E-state index contributed by atoms with van der Waals surface area (Å²) >= 11 is 0. The van der Waals surface area contributed by atoms with Crippen molar-refractivity contribution in [3.63, 3.8) is 0 Å². The fraction of sp³-hybridized carbons (Fsp3) is 0.625. The van der Waals surface area contributed by atoms with E-state index in [-0.39, 0.29) is 6.04 Å². The highest BCUT2D eigenvalue weighted by Crippen LogP contribution is 2.34. The molecule has 0 amide bonds. The Morgan fingerprint density at radius 2 is 1.79 bits per heavy atom. The highest BCUT2D eigenvalue weighted by molar-refractivity contribution is 5.61. The highest BCUT2D eigenvalue weighted by atomic mass is 16.5. The molecule has 0 spiro atoms. The topological polar surface area (TPSA) is 38.5 Å². The average Bonchev–Trinajstić information content (AvgIpc) is 2.34. The second-order valence-electron chi connectivity index (χ2n) is 5.82. The number of benzene rings is 1. The van der Waals surface area contributed by atoms with Crippen LogP contribution in [-0.2, 0) is 0 Å². The van der Waals surface area contributed by atoms with Gasteiger partial charge in [-0.25, -0.2) is 0 Å². The van der Waals surface area contributed by atoms with Crippen molar-refractivity contribution >= 4 is 5.69 Å². The molecule has 0 aliphatic carbocycles. The molecule has 0 bridgehead atoms. The zero-order valence-corrected chi connectivity index (χ0v) is 13.1. The Bertz CT molecular complexity index is 400. The van der Waals surface area contributed by atoms with Crippen LogP contribution in [-0.4, -0.2) is 19.7 Å². The predicted octanol–water partition coefficient (Wildman–Crippen LogP) is 3.59. The fourth-order valence-electron chi connectivity index (χ4n) is 2.40. The lowest BCUT2D eigenvalue weighted by Crippen LogP contribution is -2.35. The molecule has 3 nitrogen and oxygen atoms in total. The molecule has 1 unspecified atom stereocenters. The van der Waals surface area contributed by atoms with Crippen LogP contribution in [0.4, 0.5) is 5.69 Å². The number of nitrogens with two attached hydrogens (primary N) is 1. The summed E-state index contributed by atoms with van der Waals surface area (Å²) in [6, 6.07) is 6.56. The van der Waals surface area contributed by atoms with E-state index in [0.717, 1.165) is 17.9 Å². The summed E-state index contributed by atoms with van der Waals surface area (Å²) in [5, 5.41) is 0. The number of anilines is 1. The van der Waals surface area contributed by atoms with Gasteiger partial charge in [-0.3, -0.25) is 0 Å². The first-order valence-corrected chi connectivity index (χ1v) is 7.07. The molecule has 1 rings (SSSR count). The van der Waals surface area contributed by atoms with E-state index in [2.05, 4.69) is 38.7 Å². The standard InChI is InChI=1S/C16H28N2O/c1-11(2)10-18(12(3)4)14-8-7-9-15(19-6)16(14)13(5)17/h7-9,11-13H,10,17H2,1-6H3. The number of ether oxygens (including phenoxy) is 1. The largest absolute Gasteiger partial charge is 0.496 e. The monoisotopic (exact) mass is 264 g/mol. The van der Waals surface area contributed by atoms with E-state index in [1.165, 1.54) is 5.69 Å². The van der Waals surface area contributed by atoms with Crippen molar-refractivity contribution < 1.29 is 4.74 Å². The van der Waals surface area contributed by atoms with Gasteiger partial charge in [0.05, 0.1) is 7.11 Å². The van der Waals surface area contributed by atoms with E-state index in [0.29, 0.717) is 12.0 Å². The van der Waals surface area contributed by atoms with Crippen LogP contribution >= 0.6 is 0 Å². The Morgan fingerprint density at radius 1 is 1.16 bits per heavy atom. The first kappa shape index (κ1) is 15.8. The molecule has 2 N–H and O–H groups in total. The molecule has 0 saturated heterocycles. The highest BCUT2D eigenvalue weighted by Gasteiger charge is 2.20. The van der Waals surface area contributed by atoms with Crippen molar-refractivity contribution in [2.45, 2.75) is 46.7 Å². The van der Waals surface area contributed by atoms with Gasteiger partial charge in [0.2, 0.25) is 0 Å². The van der Waals surface area contributed by atoms with Crippen LogP contribution < -0.4 is 15.4 Å². The van der Waals surface area contributed by atoms with Gasteiger partial charge in [-0.1, -0.05) is 19.9 Å². The second-order valence-corrected chi connectivity index (χ2v) is 5.82. The number of nitrogens with zero attached hydrogens (tertiary/aromatic N) is 1. The van der Waals surface area contributed by atoms with Gasteiger partial charge < -0.3 is 15.4 Å². The molecular formula is C16H28N2O. The maximum absolute atomic E-state index is 6.15. The Morgan fingerprint density at radius 3 is 2.21 bits per heavy atom. The molecule has 0 aromatic heterocycles. The Hall–Kier alpha value is -1.22. The van der Waals surface area contributed by atoms with Gasteiger partial charge in [-0.2, -0.15) is 0 Å². The minimum Gasteiger partial charge on any atom is -0.496 e. The summed E-state index contributed by atoms with van der Waals surface area (Å²) < 4.78 is 5.48. The summed E-state index contributed by atoms with van der Waals surface area (Å²) in [5.74, 6) is 1.48. The van der Waals surface area contributed by atoms with Crippen LogP contribution in [0.15, 0.2) is 18.2 Å². The average molecular weight is 264 g/mol. The number of hydrogen-bond acceptors (Lipinski definition) is 3. The first-order chi connectivity index (χ1) is 8.88. The Kier molecular flexibility index (Phi) is 5.67. The molecule has 0 heterocycles. The van der Waals surface area contributed by atoms with Crippen molar-refractivity contribution in [3.05, 3.63) is 23.8 Å². The van der Waals surface area contributed by atoms with Crippen LogP contribution in [0.1, 0.15) is 46.2 Å². The summed E-state index contributed by atoms with van der Waals surface area (Å²) in [6.07, 6.45) is 0. The molecule has 0 saturated carbocycles. The van der Waals surface area contributed by atoms with Crippen LogP contribution in [0.2, 0.25) is 0 Å². The third-order valence-electron chi connectivity index (χ3n) is 3.21. The van der Waals surface area contributed by atoms with Gasteiger partial charge in [0, 0.05) is 29.9 Å². The van der Waals surface area contributed by atoms with Gasteiger partial charge in [0.25, 0.3) is 0 Å². The van der Waals surface area contributed by atoms with E-state index in [9.17, 15) is 0 Å².